The Morgan fingerprint density at radius 2 is 2.05 bits per heavy atom. The van der Waals surface area contributed by atoms with Crippen molar-refractivity contribution in [2.24, 2.45) is 5.73 Å². The van der Waals surface area contributed by atoms with Gasteiger partial charge in [-0.1, -0.05) is 13.0 Å². The van der Waals surface area contributed by atoms with Gasteiger partial charge in [0.1, 0.15) is 5.82 Å². The average molecular weight is 259 g/mol. The van der Waals surface area contributed by atoms with Crippen molar-refractivity contribution in [3.05, 3.63) is 54.1 Å². The minimum Gasteiger partial charge on any atom is -0.343 e. The molecule has 0 aliphatic heterocycles. The number of anilines is 2. The highest BCUT2D eigenvalue weighted by atomic mass is 19.1. The second-order valence-electron chi connectivity index (χ2n) is 4.49. The summed E-state index contributed by atoms with van der Waals surface area (Å²) in [5.74, 6) is -0.248. The summed E-state index contributed by atoms with van der Waals surface area (Å²) in [5, 5.41) is 0. The summed E-state index contributed by atoms with van der Waals surface area (Å²) < 4.78 is 13.2. The highest BCUT2D eigenvalue weighted by molar-refractivity contribution is 5.61. The molecule has 0 saturated carbocycles. The van der Waals surface area contributed by atoms with Gasteiger partial charge in [0.05, 0.1) is 17.6 Å². The SMILES string of the molecule is CC[C@H](N)c1ccc(N(C)c2cccc(F)c2)cn1. The summed E-state index contributed by atoms with van der Waals surface area (Å²) in [4.78, 5) is 6.24. The lowest BCUT2D eigenvalue weighted by molar-refractivity contribution is 0.628. The van der Waals surface area contributed by atoms with Gasteiger partial charge in [0.15, 0.2) is 0 Å². The summed E-state index contributed by atoms with van der Waals surface area (Å²) >= 11 is 0. The maximum atomic E-state index is 13.2. The van der Waals surface area contributed by atoms with Crippen molar-refractivity contribution in [3.8, 4) is 0 Å². The molecule has 1 aromatic carbocycles. The molecule has 1 heterocycles. The average Bonchev–Trinajstić information content (AvgIpc) is 2.46. The van der Waals surface area contributed by atoms with Crippen molar-refractivity contribution >= 4 is 11.4 Å². The number of benzene rings is 1. The molecule has 2 rings (SSSR count). The van der Waals surface area contributed by atoms with Gasteiger partial charge >= 0.3 is 0 Å². The molecule has 3 nitrogen and oxygen atoms in total. The Balaban J connectivity index is 2.22. The molecule has 0 fully saturated rings. The topological polar surface area (TPSA) is 42.1 Å². The van der Waals surface area contributed by atoms with Gasteiger partial charge in [-0.3, -0.25) is 4.98 Å². The number of hydrogen-bond acceptors (Lipinski definition) is 3. The Labute approximate surface area is 112 Å². The Morgan fingerprint density at radius 3 is 2.63 bits per heavy atom. The molecule has 1 atom stereocenters. The molecule has 0 radical (unpaired) electrons. The molecule has 2 aromatic rings. The van der Waals surface area contributed by atoms with Crippen molar-refractivity contribution in [1.29, 1.82) is 0 Å². The number of halogens is 1. The number of rotatable bonds is 4. The summed E-state index contributed by atoms with van der Waals surface area (Å²) in [6.45, 7) is 2.03. The lowest BCUT2D eigenvalue weighted by Crippen LogP contribution is -2.13. The molecular weight excluding hydrogens is 241 g/mol. The Kier molecular flexibility index (Phi) is 4.12. The molecule has 1 aromatic heterocycles. The van der Waals surface area contributed by atoms with Gasteiger partial charge in [-0.2, -0.15) is 0 Å². The highest BCUT2D eigenvalue weighted by Gasteiger charge is 2.08. The van der Waals surface area contributed by atoms with Gasteiger partial charge in [0.25, 0.3) is 0 Å². The van der Waals surface area contributed by atoms with Crippen LogP contribution in [0.4, 0.5) is 15.8 Å². The fourth-order valence-corrected chi connectivity index (χ4v) is 1.86. The first kappa shape index (κ1) is 13.5. The number of nitrogens with zero attached hydrogens (tertiary/aromatic N) is 2. The van der Waals surface area contributed by atoms with Crippen LogP contribution in [0.1, 0.15) is 25.1 Å². The van der Waals surface area contributed by atoms with Crippen LogP contribution in [0.25, 0.3) is 0 Å². The molecule has 2 N–H and O–H groups in total. The Morgan fingerprint density at radius 1 is 1.26 bits per heavy atom. The third-order valence-electron chi connectivity index (χ3n) is 3.17. The van der Waals surface area contributed by atoms with E-state index in [4.69, 9.17) is 5.73 Å². The van der Waals surface area contributed by atoms with E-state index < -0.39 is 0 Å². The lowest BCUT2D eigenvalue weighted by atomic mass is 10.1. The van der Waals surface area contributed by atoms with E-state index in [-0.39, 0.29) is 11.9 Å². The van der Waals surface area contributed by atoms with E-state index in [9.17, 15) is 4.39 Å². The molecule has 0 spiro atoms. The first-order valence-electron chi connectivity index (χ1n) is 6.32. The molecule has 0 bridgehead atoms. The maximum Gasteiger partial charge on any atom is 0.125 e. The van der Waals surface area contributed by atoms with Gasteiger partial charge in [-0.25, -0.2) is 4.39 Å². The van der Waals surface area contributed by atoms with E-state index >= 15 is 0 Å². The van der Waals surface area contributed by atoms with E-state index in [0.717, 1.165) is 23.5 Å². The summed E-state index contributed by atoms with van der Waals surface area (Å²) in [6, 6.07) is 10.3. The van der Waals surface area contributed by atoms with Crippen LogP contribution >= 0.6 is 0 Å². The van der Waals surface area contributed by atoms with Crippen LogP contribution < -0.4 is 10.6 Å². The van der Waals surface area contributed by atoms with E-state index in [1.54, 1.807) is 12.3 Å². The lowest BCUT2D eigenvalue weighted by Gasteiger charge is -2.19. The van der Waals surface area contributed by atoms with E-state index in [1.165, 1.54) is 12.1 Å². The van der Waals surface area contributed by atoms with Crippen molar-refractivity contribution in [3.63, 3.8) is 0 Å². The van der Waals surface area contributed by atoms with Crippen LogP contribution in [0.15, 0.2) is 42.6 Å². The molecule has 0 amide bonds. The normalized spacial score (nSPS) is 12.2. The molecule has 0 aliphatic carbocycles. The largest absolute Gasteiger partial charge is 0.343 e. The smallest absolute Gasteiger partial charge is 0.125 e. The number of aromatic nitrogens is 1. The van der Waals surface area contributed by atoms with Crippen molar-refractivity contribution in [2.75, 3.05) is 11.9 Å². The van der Waals surface area contributed by atoms with Gasteiger partial charge in [0, 0.05) is 18.8 Å². The van der Waals surface area contributed by atoms with Crippen LogP contribution in [0, 0.1) is 5.82 Å². The molecular formula is C15H18FN3. The van der Waals surface area contributed by atoms with Crippen LogP contribution in [-0.2, 0) is 0 Å². The molecule has 0 aliphatic rings. The van der Waals surface area contributed by atoms with Crippen LogP contribution in [0.5, 0.6) is 0 Å². The van der Waals surface area contributed by atoms with Gasteiger partial charge in [0.2, 0.25) is 0 Å². The predicted octanol–water partition coefficient (Wildman–Crippen LogP) is 3.40. The molecule has 0 saturated heterocycles. The quantitative estimate of drug-likeness (QED) is 0.915. The van der Waals surface area contributed by atoms with E-state index in [1.807, 2.05) is 37.1 Å². The molecule has 100 valence electrons. The van der Waals surface area contributed by atoms with Crippen molar-refractivity contribution < 1.29 is 4.39 Å². The third kappa shape index (κ3) is 3.09. The summed E-state index contributed by atoms with van der Waals surface area (Å²) in [6.07, 6.45) is 2.61. The third-order valence-corrected chi connectivity index (χ3v) is 3.17. The predicted molar refractivity (Wildman–Crippen MR) is 75.9 cm³/mol. The second kappa shape index (κ2) is 5.80. The van der Waals surface area contributed by atoms with Gasteiger partial charge < -0.3 is 10.6 Å². The monoisotopic (exact) mass is 259 g/mol. The zero-order chi connectivity index (χ0) is 13.8. The van der Waals surface area contributed by atoms with Crippen LogP contribution in [-0.4, -0.2) is 12.0 Å². The number of hydrogen-bond donors (Lipinski definition) is 1. The fourth-order valence-electron chi connectivity index (χ4n) is 1.86. The molecule has 4 heteroatoms. The number of nitrogens with two attached hydrogens (primary N) is 1. The zero-order valence-electron chi connectivity index (χ0n) is 11.2. The number of pyridine rings is 1. The van der Waals surface area contributed by atoms with Crippen LogP contribution in [0.2, 0.25) is 0 Å². The highest BCUT2D eigenvalue weighted by Crippen LogP contribution is 2.24. The first-order chi connectivity index (χ1) is 9.11. The Bertz CT molecular complexity index is 539. The van der Waals surface area contributed by atoms with Gasteiger partial charge in [-0.05, 0) is 36.8 Å². The summed E-state index contributed by atoms with van der Waals surface area (Å²) in [5.41, 5.74) is 8.49. The zero-order valence-corrected chi connectivity index (χ0v) is 11.2. The minimum atomic E-state index is -0.248. The fraction of sp³-hybridized carbons (Fsp3) is 0.267. The summed E-state index contributed by atoms with van der Waals surface area (Å²) in [7, 11) is 1.88. The first-order valence-corrected chi connectivity index (χ1v) is 6.32. The van der Waals surface area contributed by atoms with Crippen molar-refractivity contribution in [2.45, 2.75) is 19.4 Å². The van der Waals surface area contributed by atoms with Gasteiger partial charge in [-0.15, -0.1) is 0 Å². The van der Waals surface area contributed by atoms with Crippen molar-refractivity contribution in [1.82, 2.24) is 4.98 Å². The maximum absolute atomic E-state index is 13.2. The molecule has 0 unspecified atom stereocenters. The van der Waals surface area contributed by atoms with E-state index in [0.29, 0.717) is 0 Å². The second-order valence-corrected chi connectivity index (χ2v) is 4.49. The minimum absolute atomic E-state index is 0.0338. The molecule has 19 heavy (non-hydrogen) atoms. The van der Waals surface area contributed by atoms with Crippen LogP contribution in [0.3, 0.4) is 0 Å². The standard InChI is InChI=1S/C15H18FN3/c1-3-14(17)15-8-7-13(10-18-15)19(2)12-6-4-5-11(16)9-12/h4-10,14H,3,17H2,1-2H3/t14-/m0/s1. The van der Waals surface area contributed by atoms with E-state index in [2.05, 4.69) is 4.98 Å². The Hall–Kier alpha value is -1.94.